The third kappa shape index (κ3) is 5.14. The van der Waals surface area contributed by atoms with Crippen molar-refractivity contribution < 1.29 is 9.90 Å². The maximum absolute atomic E-state index is 11.4. The lowest BCUT2D eigenvalue weighted by Gasteiger charge is -2.29. The van der Waals surface area contributed by atoms with Crippen molar-refractivity contribution in [3.63, 3.8) is 0 Å². The second kappa shape index (κ2) is 6.80. The van der Waals surface area contributed by atoms with E-state index in [1.165, 1.54) is 0 Å². The van der Waals surface area contributed by atoms with E-state index in [-0.39, 0.29) is 17.9 Å². The number of aliphatic hydroxyl groups excluding tert-OH is 1. The molecule has 0 aromatic rings. The maximum Gasteiger partial charge on any atom is 0.234 e. The zero-order valence-corrected chi connectivity index (χ0v) is 10.3. The molecule has 0 aromatic carbocycles. The summed E-state index contributed by atoms with van der Waals surface area (Å²) in [6, 6.07) is 0. The van der Waals surface area contributed by atoms with Crippen molar-refractivity contribution in [3.05, 3.63) is 0 Å². The fourth-order valence-corrected chi connectivity index (χ4v) is 1.41. The van der Waals surface area contributed by atoms with Crippen LogP contribution in [0.4, 0.5) is 0 Å². The summed E-state index contributed by atoms with van der Waals surface area (Å²) in [5.74, 6) is 0.0136. The predicted octanol–water partition coefficient (Wildman–Crippen LogP) is 0.463. The van der Waals surface area contributed by atoms with Gasteiger partial charge in [0.15, 0.2) is 0 Å². The van der Waals surface area contributed by atoms with Crippen LogP contribution in [-0.2, 0) is 4.79 Å². The monoisotopic (exact) mass is 216 g/mol. The molecule has 0 bridgehead atoms. The summed E-state index contributed by atoms with van der Waals surface area (Å²) in [4.78, 5) is 13.2. The molecule has 4 heteroatoms. The Morgan fingerprint density at radius 2 is 1.87 bits per heavy atom. The number of carbonyl (C=O) groups is 1. The molecule has 0 saturated heterocycles. The van der Waals surface area contributed by atoms with Crippen LogP contribution in [0.25, 0.3) is 0 Å². The van der Waals surface area contributed by atoms with Crippen molar-refractivity contribution in [1.29, 1.82) is 0 Å². The zero-order valence-electron chi connectivity index (χ0n) is 10.3. The van der Waals surface area contributed by atoms with Crippen molar-refractivity contribution in [2.75, 3.05) is 33.8 Å². The SMILES string of the molecule is CCC(CC)(CO)CNC(=O)CN(C)C. The first kappa shape index (κ1) is 14.4. The second-order valence-corrected chi connectivity index (χ2v) is 4.38. The molecule has 0 atom stereocenters. The van der Waals surface area contributed by atoms with Gasteiger partial charge in [-0.05, 0) is 26.9 Å². The molecule has 90 valence electrons. The maximum atomic E-state index is 11.4. The highest BCUT2D eigenvalue weighted by molar-refractivity contribution is 5.77. The van der Waals surface area contributed by atoms with Gasteiger partial charge >= 0.3 is 0 Å². The Bertz CT molecular complexity index is 181. The summed E-state index contributed by atoms with van der Waals surface area (Å²) in [6.07, 6.45) is 1.75. The Balaban J connectivity index is 4.05. The molecule has 4 nitrogen and oxygen atoms in total. The van der Waals surface area contributed by atoms with E-state index in [0.717, 1.165) is 12.8 Å². The van der Waals surface area contributed by atoms with Crippen LogP contribution in [0, 0.1) is 5.41 Å². The molecule has 0 unspecified atom stereocenters. The summed E-state index contributed by atoms with van der Waals surface area (Å²) < 4.78 is 0. The van der Waals surface area contributed by atoms with E-state index in [4.69, 9.17) is 0 Å². The normalized spacial score (nSPS) is 11.9. The van der Waals surface area contributed by atoms with Gasteiger partial charge in [-0.15, -0.1) is 0 Å². The zero-order chi connectivity index (χ0) is 11.9. The minimum absolute atomic E-state index is 0.0136. The van der Waals surface area contributed by atoms with E-state index in [2.05, 4.69) is 5.32 Å². The molecule has 0 aliphatic carbocycles. The third-order valence-corrected chi connectivity index (χ3v) is 2.96. The number of carbonyl (C=O) groups excluding carboxylic acids is 1. The summed E-state index contributed by atoms with van der Waals surface area (Å²) in [5, 5.41) is 12.2. The van der Waals surface area contributed by atoms with Crippen molar-refractivity contribution in [1.82, 2.24) is 10.2 Å². The number of nitrogens with one attached hydrogen (secondary N) is 1. The molecule has 0 saturated carbocycles. The highest BCUT2D eigenvalue weighted by Crippen LogP contribution is 2.24. The van der Waals surface area contributed by atoms with Crippen LogP contribution in [0.3, 0.4) is 0 Å². The minimum Gasteiger partial charge on any atom is -0.396 e. The quantitative estimate of drug-likeness (QED) is 0.650. The Morgan fingerprint density at radius 3 is 2.20 bits per heavy atom. The smallest absolute Gasteiger partial charge is 0.234 e. The van der Waals surface area contributed by atoms with Crippen LogP contribution < -0.4 is 5.32 Å². The average molecular weight is 216 g/mol. The molecular weight excluding hydrogens is 192 g/mol. The van der Waals surface area contributed by atoms with E-state index in [0.29, 0.717) is 13.1 Å². The molecule has 0 heterocycles. The van der Waals surface area contributed by atoms with Crippen molar-refractivity contribution in [2.45, 2.75) is 26.7 Å². The molecule has 0 rings (SSSR count). The van der Waals surface area contributed by atoms with Gasteiger partial charge in [0, 0.05) is 12.0 Å². The highest BCUT2D eigenvalue weighted by atomic mass is 16.3. The van der Waals surface area contributed by atoms with E-state index in [9.17, 15) is 9.90 Å². The van der Waals surface area contributed by atoms with Gasteiger partial charge in [0.05, 0.1) is 13.2 Å². The van der Waals surface area contributed by atoms with E-state index in [1.54, 1.807) is 0 Å². The Hall–Kier alpha value is -0.610. The number of nitrogens with zero attached hydrogens (tertiary/aromatic N) is 1. The van der Waals surface area contributed by atoms with Crippen LogP contribution in [0.2, 0.25) is 0 Å². The van der Waals surface area contributed by atoms with Crippen LogP contribution in [0.1, 0.15) is 26.7 Å². The molecule has 0 aliphatic heterocycles. The van der Waals surface area contributed by atoms with Gasteiger partial charge < -0.3 is 15.3 Å². The molecule has 0 fully saturated rings. The first-order valence-electron chi connectivity index (χ1n) is 5.52. The molecule has 0 spiro atoms. The molecule has 0 radical (unpaired) electrons. The van der Waals surface area contributed by atoms with Gasteiger partial charge in [-0.2, -0.15) is 0 Å². The molecule has 0 aromatic heterocycles. The van der Waals surface area contributed by atoms with E-state index >= 15 is 0 Å². The topological polar surface area (TPSA) is 52.6 Å². The largest absolute Gasteiger partial charge is 0.396 e. The first-order chi connectivity index (χ1) is 6.99. The summed E-state index contributed by atoms with van der Waals surface area (Å²) in [7, 11) is 3.72. The summed E-state index contributed by atoms with van der Waals surface area (Å²) in [5.41, 5.74) is -0.151. The Labute approximate surface area is 92.7 Å². The molecule has 2 N–H and O–H groups in total. The number of aliphatic hydroxyl groups is 1. The van der Waals surface area contributed by atoms with Crippen LogP contribution in [0.5, 0.6) is 0 Å². The van der Waals surface area contributed by atoms with Crippen molar-refractivity contribution in [2.24, 2.45) is 5.41 Å². The molecule has 15 heavy (non-hydrogen) atoms. The van der Waals surface area contributed by atoms with Gasteiger partial charge in [-0.25, -0.2) is 0 Å². The van der Waals surface area contributed by atoms with Crippen molar-refractivity contribution >= 4 is 5.91 Å². The van der Waals surface area contributed by atoms with Gasteiger partial charge in [0.25, 0.3) is 0 Å². The number of hydrogen-bond acceptors (Lipinski definition) is 3. The first-order valence-corrected chi connectivity index (χ1v) is 5.52. The van der Waals surface area contributed by atoms with Crippen molar-refractivity contribution in [3.8, 4) is 0 Å². The Morgan fingerprint density at radius 1 is 1.33 bits per heavy atom. The lowest BCUT2D eigenvalue weighted by Crippen LogP contribution is -2.42. The van der Waals surface area contributed by atoms with Crippen LogP contribution >= 0.6 is 0 Å². The molecular formula is C11H24N2O2. The van der Waals surface area contributed by atoms with Gasteiger partial charge in [-0.3, -0.25) is 4.79 Å². The molecule has 0 aliphatic rings. The van der Waals surface area contributed by atoms with E-state index in [1.807, 2.05) is 32.8 Å². The van der Waals surface area contributed by atoms with E-state index < -0.39 is 0 Å². The van der Waals surface area contributed by atoms with Gasteiger partial charge in [0.1, 0.15) is 0 Å². The third-order valence-electron chi connectivity index (χ3n) is 2.96. The van der Waals surface area contributed by atoms with Gasteiger partial charge in [0.2, 0.25) is 5.91 Å². The number of likely N-dealkylation sites (N-methyl/N-ethyl adjacent to an activating group) is 1. The van der Waals surface area contributed by atoms with Crippen LogP contribution in [0.15, 0.2) is 0 Å². The highest BCUT2D eigenvalue weighted by Gasteiger charge is 2.25. The fourth-order valence-electron chi connectivity index (χ4n) is 1.41. The predicted molar refractivity (Wildman–Crippen MR) is 61.7 cm³/mol. The number of hydrogen-bond donors (Lipinski definition) is 2. The number of rotatable bonds is 7. The summed E-state index contributed by atoms with van der Waals surface area (Å²) >= 11 is 0. The minimum atomic E-state index is -0.151. The second-order valence-electron chi connectivity index (χ2n) is 4.38. The standard InChI is InChI=1S/C11H24N2O2/c1-5-11(6-2,9-14)8-12-10(15)7-13(3)4/h14H,5-9H2,1-4H3,(H,12,15). The fraction of sp³-hybridized carbons (Fsp3) is 0.909. The van der Waals surface area contributed by atoms with Gasteiger partial charge in [-0.1, -0.05) is 13.8 Å². The molecule has 1 amide bonds. The lowest BCUT2D eigenvalue weighted by molar-refractivity contribution is -0.122. The number of amides is 1. The Kier molecular flexibility index (Phi) is 6.52. The summed E-state index contributed by atoms with van der Waals surface area (Å²) in [6.45, 7) is 5.16. The van der Waals surface area contributed by atoms with Crippen LogP contribution in [-0.4, -0.2) is 49.7 Å². The average Bonchev–Trinajstić information content (AvgIpc) is 2.20. The lowest BCUT2D eigenvalue weighted by atomic mass is 9.83.